The molecular weight excluding hydrogens is 280 g/mol. The van der Waals surface area contributed by atoms with Crippen molar-refractivity contribution in [1.82, 2.24) is 25.4 Å². The fourth-order valence-corrected chi connectivity index (χ4v) is 1.93. The largest absolute Gasteiger partial charge is 0.383 e. The number of hydrogen-bond donors (Lipinski definition) is 2. The second kappa shape index (κ2) is 9.94. The lowest BCUT2D eigenvalue weighted by molar-refractivity contribution is 0.179. The number of ether oxygens (including phenoxy) is 1. The van der Waals surface area contributed by atoms with Crippen LogP contribution in [0.25, 0.3) is 0 Å². The lowest BCUT2D eigenvalue weighted by Crippen LogP contribution is -2.45. The summed E-state index contributed by atoms with van der Waals surface area (Å²) in [5.74, 6) is 1.75. The Balaban J connectivity index is 2.52. The molecule has 1 aromatic rings. The van der Waals surface area contributed by atoms with E-state index in [1.807, 2.05) is 11.5 Å². The Morgan fingerprint density at radius 3 is 2.95 bits per heavy atom. The molecular formula is C15H28N6O. The van der Waals surface area contributed by atoms with E-state index in [1.54, 1.807) is 13.4 Å². The van der Waals surface area contributed by atoms with Crippen molar-refractivity contribution >= 4 is 5.96 Å². The second-order valence-electron chi connectivity index (χ2n) is 5.34. The van der Waals surface area contributed by atoms with Crippen LogP contribution < -0.4 is 10.6 Å². The summed E-state index contributed by atoms with van der Waals surface area (Å²) >= 11 is 0. The fraction of sp³-hybridized carbons (Fsp3) is 0.667. The number of methoxy groups -OCH3 is 1. The average Bonchev–Trinajstić information content (AvgIpc) is 2.92. The molecule has 0 fully saturated rings. The number of aromatic nitrogens is 3. The van der Waals surface area contributed by atoms with Gasteiger partial charge in [-0.25, -0.2) is 4.99 Å². The molecule has 7 heteroatoms. The molecule has 2 N–H and O–H groups in total. The molecule has 22 heavy (non-hydrogen) atoms. The Hall–Kier alpha value is -1.89. The van der Waals surface area contributed by atoms with E-state index in [-0.39, 0.29) is 6.04 Å². The van der Waals surface area contributed by atoms with Gasteiger partial charge in [-0.2, -0.15) is 0 Å². The van der Waals surface area contributed by atoms with Gasteiger partial charge in [-0.1, -0.05) is 19.1 Å². The van der Waals surface area contributed by atoms with E-state index in [2.05, 4.69) is 46.2 Å². The minimum absolute atomic E-state index is 0.183. The normalized spacial score (nSPS) is 13.0. The quantitative estimate of drug-likeness (QED) is 0.404. The van der Waals surface area contributed by atoms with Gasteiger partial charge in [-0.3, -0.25) is 0 Å². The minimum Gasteiger partial charge on any atom is -0.383 e. The van der Waals surface area contributed by atoms with Crippen LogP contribution in [-0.4, -0.2) is 53.6 Å². The Kier molecular flexibility index (Phi) is 8.21. The molecule has 0 aliphatic rings. The number of guanidine groups is 1. The maximum absolute atomic E-state index is 5.14. The zero-order valence-electron chi connectivity index (χ0n) is 14.1. The van der Waals surface area contributed by atoms with Gasteiger partial charge in [0.1, 0.15) is 12.2 Å². The van der Waals surface area contributed by atoms with Crippen molar-refractivity contribution in [3.63, 3.8) is 0 Å². The highest BCUT2D eigenvalue weighted by Gasteiger charge is 2.06. The molecule has 0 aromatic carbocycles. The summed E-state index contributed by atoms with van der Waals surface area (Å²) < 4.78 is 7.18. The second-order valence-corrected chi connectivity index (χ2v) is 5.34. The molecule has 124 valence electrons. The summed E-state index contributed by atoms with van der Waals surface area (Å²) in [6.07, 6.45) is 2.63. The smallest absolute Gasteiger partial charge is 0.191 e. The molecule has 0 saturated heterocycles. The maximum atomic E-state index is 5.14. The van der Waals surface area contributed by atoms with Gasteiger partial charge in [0.15, 0.2) is 5.96 Å². The molecule has 1 aromatic heterocycles. The highest BCUT2D eigenvalue weighted by Crippen LogP contribution is 1.95. The Morgan fingerprint density at radius 2 is 2.32 bits per heavy atom. The van der Waals surface area contributed by atoms with Gasteiger partial charge >= 0.3 is 0 Å². The third-order valence-electron chi connectivity index (χ3n) is 2.96. The molecule has 0 bridgehead atoms. The van der Waals surface area contributed by atoms with Crippen LogP contribution in [0.4, 0.5) is 0 Å². The first kappa shape index (κ1) is 18.2. The summed E-state index contributed by atoms with van der Waals surface area (Å²) in [7, 11) is 1.69. The lowest BCUT2D eigenvalue weighted by Gasteiger charge is -2.18. The third-order valence-corrected chi connectivity index (χ3v) is 2.96. The van der Waals surface area contributed by atoms with Crippen LogP contribution in [0.15, 0.2) is 23.5 Å². The maximum Gasteiger partial charge on any atom is 0.191 e. The Morgan fingerprint density at radius 1 is 1.55 bits per heavy atom. The monoisotopic (exact) mass is 308 g/mol. The summed E-state index contributed by atoms with van der Waals surface area (Å²) in [5, 5.41) is 14.6. The van der Waals surface area contributed by atoms with Crippen molar-refractivity contribution in [2.24, 2.45) is 4.99 Å². The number of hydrogen-bond acceptors (Lipinski definition) is 4. The van der Waals surface area contributed by atoms with Crippen LogP contribution in [-0.2, 0) is 17.7 Å². The van der Waals surface area contributed by atoms with Crippen molar-refractivity contribution in [2.45, 2.75) is 39.8 Å². The first-order valence-corrected chi connectivity index (χ1v) is 7.61. The molecule has 0 radical (unpaired) electrons. The van der Waals surface area contributed by atoms with Gasteiger partial charge in [0, 0.05) is 32.7 Å². The van der Waals surface area contributed by atoms with Crippen LogP contribution in [0.5, 0.6) is 0 Å². The van der Waals surface area contributed by atoms with E-state index in [9.17, 15) is 0 Å². The van der Waals surface area contributed by atoms with Gasteiger partial charge < -0.3 is 19.9 Å². The molecule has 0 aliphatic heterocycles. The van der Waals surface area contributed by atoms with Crippen LogP contribution in [0.3, 0.4) is 0 Å². The first-order valence-electron chi connectivity index (χ1n) is 7.61. The van der Waals surface area contributed by atoms with E-state index >= 15 is 0 Å². The first-order chi connectivity index (χ1) is 10.6. The van der Waals surface area contributed by atoms with Crippen LogP contribution in [0, 0.1) is 0 Å². The molecule has 0 spiro atoms. The molecule has 7 nitrogen and oxygen atoms in total. The number of nitrogens with one attached hydrogen (secondary N) is 2. The number of aryl methyl sites for hydroxylation is 1. The summed E-state index contributed by atoms with van der Waals surface area (Å²) in [5.41, 5.74) is 1.02. The highest BCUT2D eigenvalue weighted by molar-refractivity contribution is 5.80. The van der Waals surface area contributed by atoms with Crippen LogP contribution in [0.2, 0.25) is 0 Å². The van der Waals surface area contributed by atoms with Gasteiger partial charge in [0.25, 0.3) is 0 Å². The number of aliphatic imine (C=N–C) groups is 1. The highest BCUT2D eigenvalue weighted by atomic mass is 16.5. The van der Waals surface area contributed by atoms with Gasteiger partial charge in [0.2, 0.25) is 0 Å². The van der Waals surface area contributed by atoms with E-state index < -0.39 is 0 Å². The molecule has 1 heterocycles. The standard InChI is InChI=1S/C15H28N6O/c1-6-14-20-18-11-21(14)8-7-16-15(17-9-12(2)3)19-13(4)10-22-5/h11,13H,2,6-10H2,1,3-5H3,(H2,16,17,19). The van der Waals surface area contributed by atoms with E-state index in [0.29, 0.717) is 13.2 Å². The molecule has 0 saturated carbocycles. The van der Waals surface area contributed by atoms with Crippen molar-refractivity contribution in [1.29, 1.82) is 0 Å². The number of nitrogens with zero attached hydrogens (tertiary/aromatic N) is 4. The molecule has 1 unspecified atom stereocenters. The van der Waals surface area contributed by atoms with E-state index in [4.69, 9.17) is 4.74 Å². The van der Waals surface area contributed by atoms with Gasteiger partial charge in [-0.05, 0) is 13.8 Å². The van der Waals surface area contributed by atoms with Crippen LogP contribution >= 0.6 is 0 Å². The van der Waals surface area contributed by atoms with Crippen molar-refractivity contribution in [2.75, 3.05) is 26.8 Å². The predicted molar refractivity (Wildman–Crippen MR) is 89.0 cm³/mol. The van der Waals surface area contributed by atoms with E-state index in [1.165, 1.54) is 0 Å². The zero-order chi connectivity index (χ0) is 16.4. The van der Waals surface area contributed by atoms with Crippen molar-refractivity contribution in [3.05, 3.63) is 24.3 Å². The Labute approximate surface area is 132 Å². The van der Waals surface area contributed by atoms with Crippen molar-refractivity contribution < 1.29 is 4.74 Å². The zero-order valence-corrected chi connectivity index (χ0v) is 14.1. The number of rotatable bonds is 9. The topological polar surface area (TPSA) is 76.4 Å². The average molecular weight is 308 g/mol. The fourth-order valence-electron chi connectivity index (χ4n) is 1.93. The Bertz CT molecular complexity index is 482. The summed E-state index contributed by atoms with van der Waals surface area (Å²) in [4.78, 5) is 4.51. The molecule has 1 atom stereocenters. The molecule has 1 rings (SSSR count). The lowest BCUT2D eigenvalue weighted by atomic mass is 10.3. The predicted octanol–water partition coefficient (Wildman–Crippen LogP) is 0.987. The van der Waals surface area contributed by atoms with Gasteiger partial charge in [0.05, 0.1) is 13.2 Å². The van der Waals surface area contributed by atoms with Crippen LogP contribution in [0.1, 0.15) is 26.6 Å². The molecule has 0 amide bonds. The minimum atomic E-state index is 0.183. The summed E-state index contributed by atoms with van der Waals surface area (Å²) in [6, 6.07) is 0.183. The van der Waals surface area contributed by atoms with Gasteiger partial charge in [-0.15, -0.1) is 10.2 Å². The van der Waals surface area contributed by atoms with E-state index in [0.717, 1.165) is 36.9 Å². The summed E-state index contributed by atoms with van der Waals surface area (Å²) in [6.45, 7) is 12.7. The SMILES string of the molecule is C=C(C)CN=C(NCCn1cnnc1CC)NC(C)COC. The third kappa shape index (κ3) is 6.71. The van der Waals surface area contributed by atoms with Crippen molar-refractivity contribution in [3.8, 4) is 0 Å². The molecule has 0 aliphatic carbocycles.